The van der Waals surface area contributed by atoms with E-state index in [1.54, 1.807) is 20.9 Å². The molecule has 0 saturated heterocycles. The molecule has 0 bridgehead atoms. The zero-order chi connectivity index (χ0) is 15.2. The minimum atomic E-state index is 0.451. The molecule has 118 valence electrons. The molecular formula is C18H38N2+2. The fraction of sp³-hybridized carbons (Fsp3) is 0.889. The van der Waals surface area contributed by atoms with Crippen LogP contribution in [-0.4, -0.2) is 39.8 Å². The molecule has 1 aliphatic rings. The van der Waals surface area contributed by atoms with Crippen LogP contribution < -0.4 is 9.80 Å². The Labute approximate surface area is 127 Å². The fourth-order valence-corrected chi connectivity index (χ4v) is 3.68. The molecule has 1 rings (SSSR count). The second kappa shape index (κ2) is 8.19. The van der Waals surface area contributed by atoms with Crippen LogP contribution in [-0.2, 0) is 0 Å². The average molecular weight is 283 g/mol. The van der Waals surface area contributed by atoms with Gasteiger partial charge >= 0.3 is 0 Å². The molecule has 0 heterocycles. The predicted octanol–water partition coefficient (Wildman–Crippen LogP) is 1.34. The Balaban J connectivity index is 2.42. The van der Waals surface area contributed by atoms with Gasteiger partial charge in [-0.1, -0.05) is 25.0 Å². The third-order valence-electron chi connectivity index (χ3n) is 5.39. The molecule has 20 heavy (non-hydrogen) atoms. The summed E-state index contributed by atoms with van der Waals surface area (Å²) < 4.78 is 0. The van der Waals surface area contributed by atoms with Crippen molar-refractivity contribution in [2.45, 2.75) is 60.3 Å². The lowest BCUT2D eigenvalue weighted by atomic mass is 9.71. The summed E-state index contributed by atoms with van der Waals surface area (Å²) in [6.07, 6.45) is 5.40. The SMILES string of the molecule is CC[NH+](CC)CC[NH+](C)CCC1=C(C)CCCC1(C)C. The smallest absolute Gasteiger partial charge is 0.127 e. The van der Waals surface area contributed by atoms with E-state index in [0.717, 1.165) is 0 Å². The first-order valence-electron chi connectivity index (χ1n) is 8.74. The zero-order valence-electron chi connectivity index (χ0n) is 14.9. The minimum absolute atomic E-state index is 0.451. The molecule has 0 aromatic heterocycles. The largest absolute Gasteiger partial charge is 0.332 e. The van der Waals surface area contributed by atoms with Crippen LogP contribution in [0.25, 0.3) is 0 Å². The zero-order valence-corrected chi connectivity index (χ0v) is 14.9. The summed E-state index contributed by atoms with van der Waals surface area (Å²) in [5, 5.41) is 0. The molecule has 0 aromatic carbocycles. The first kappa shape index (κ1) is 17.7. The van der Waals surface area contributed by atoms with Crippen LogP contribution in [0.4, 0.5) is 0 Å². The van der Waals surface area contributed by atoms with E-state index in [1.807, 2.05) is 0 Å². The molecule has 2 nitrogen and oxygen atoms in total. The Bertz CT molecular complexity index is 313. The summed E-state index contributed by atoms with van der Waals surface area (Å²) in [7, 11) is 2.37. The van der Waals surface area contributed by atoms with E-state index in [-0.39, 0.29) is 0 Å². The van der Waals surface area contributed by atoms with Gasteiger partial charge in [-0.25, -0.2) is 0 Å². The van der Waals surface area contributed by atoms with E-state index in [9.17, 15) is 0 Å². The Morgan fingerprint density at radius 3 is 2.25 bits per heavy atom. The number of nitrogens with one attached hydrogen (secondary N) is 2. The van der Waals surface area contributed by atoms with Gasteiger partial charge in [0.25, 0.3) is 0 Å². The lowest BCUT2D eigenvalue weighted by molar-refractivity contribution is -0.946. The molecule has 0 aliphatic heterocycles. The Hall–Kier alpha value is -0.340. The summed E-state index contributed by atoms with van der Waals surface area (Å²) in [5.74, 6) is 0. The van der Waals surface area contributed by atoms with Gasteiger partial charge in [0.15, 0.2) is 0 Å². The van der Waals surface area contributed by atoms with E-state index in [0.29, 0.717) is 5.41 Å². The molecule has 1 atom stereocenters. The van der Waals surface area contributed by atoms with Crippen molar-refractivity contribution in [3.8, 4) is 0 Å². The number of quaternary nitrogens is 2. The van der Waals surface area contributed by atoms with Gasteiger partial charge in [0.05, 0.1) is 26.7 Å². The minimum Gasteiger partial charge on any atom is -0.332 e. The van der Waals surface area contributed by atoms with Gasteiger partial charge in [-0.05, 0) is 45.4 Å². The maximum atomic E-state index is 2.44. The maximum absolute atomic E-state index is 2.44. The molecule has 0 aromatic rings. The molecular weight excluding hydrogens is 244 g/mol. The van der Waals surface area contributed by atoms with Crippen LogP contribution in [0, 0.1) is 5.41 Å². The normalized spacial score (nSPS) is 20.6. The highest BCUT2D eigenvalue weighted by Crippen LogP contribution is 2.41. The molecule has 1 aliphatic carbocycles. The second-order valence-electron chi connectivity index (χ2n) is 7.41. The van der Waals surface area contributed by atoms with E-state index >= 15 is 0 Å². The molecule has 0 fully saturated rings. The Kier molecular flexibility index (Phi) is 7.25. The third kappa shape index (κ3) is 5.21. The van der Waals surface area contributed by atoms with Gasteiger partial charge in [0.1, 0.15) is 13.1 Å². The van der Waals surface area contributed by atoms with Crippen molar-refractivity contribution in [1.82, 2.24) is 0 Å². The highest BCUT2D eigenvalue weighted by atomic mass is 15.2. The van der Waals surface area contributed by atoms with Crippen LogP contribution in [0.2, 0.25) is 0 Å². The monoisotopic (exact) mass is 282 g/mol. The average Bonchev–Trinajstić information content (AvgIpc) is 2.38. The van der Waals surface area contributed by atoms with Crippen LogP contribution in [0.5, 0.6) is 0 Å². The lowest BCUT2D eigenvalue weighted by Gasteiger charge is -2.35. The predicted molar refractivity (Wildman–Crippen MR) is 88.5 cm³/mol. The van der Waals surface area contributed by atoms with Crippen LogP contribution in [0.15, 0.2) is 11.1 Å². The van der Waals surface area contributed by atoms with Crippen molar-refractivity contribution in [1.29, 1.82) is 0 Å². The highest BCUT2D eigenvalue weighted by molar-refractivity contribution is 5.22. The van der Waals surface area contributed by atoms with Gasteiger partial charge in [0.2, 0.25) is 0 Å². The van der Waals surface area contributed by atoms with E-state index in [4.69, 9.17) is 0 Å². The van der Waals surface area contributed by atoms with Crippen molar-refractivity contribution in [2.75, 3.05) is 39.8 Å². The van der Waals surface area contributed by atoms with Crippen molar-refractivity contribution >= 4 is 0 Å². The molecule has 0 radical (unpaired) electrons. The van der Waals surface area contributed by atoms with Crippen LogP contribution in [0.3, 0.4) is 0 Å². The number of likely N-dealkylation sites (N-methyl/N-ethyl adjacent to an activating group) is 2. The van der Waals surface area contributed by atoms with Gasteiger partial charge < -0.3 is 9.80 Å². The molecule has 2 heteroatoms. The van der Waals surface area contributed by atoms with Crippen molar-refractivity contribution in [3.63, 3.8) is 0 Å². The highest BCUT2D eigenvalue weighted by Gasteiger charge is 2.28. The van der Waals surface area contributed by atoms with Gasteiger partial charge in [-0.2, -0.15) is 0 Å². The molecule has 1 unspecified atom stereocenters. The summed E-state index contributed by atoms with van der Waals surface area (Å²) in [5.41, 5.74) is 3.90. The molecule has 0 spiro atoms. The summed E-state index contributed by atoms with van der Waals surface area (Å²) in [6, 6.07) is 0. The Morgan fingerprint density at radius 2 is 1.70 bits per heavy atom. The van der Waals surface area contributed by atoms with Crippen molar-refractivity contribution in [2.24, 2.45) is 5.41 Å². The lowest BCUT2D eigenvalue weighted by Crippen LogP contribution is -3.18. The summed E-state index contributed by atoms with van der Waals surface area (Å²) in [4.78, 5) is 3.43. The Morgan fingerprint density at radius 1 is 1.05 bits per heavy atom. The van der Waals surface area contributed by atoms with Gasteiger partial charge in [-0.15, -0.1) is 0 Å². The number of hydrogen-bond acceptors (Lipinski definition) is 0. The topological polar surface area (TPSA) is 8.88 Å². The van der Waals surface area contributed by atoms with E-state index in [1.165, 1.54) is 58.4 Å². The molecule has 0 saturated carbocycles. The van der Waals surface area contributed by atoms with Crippen LogP contribution >= 0.6 is 0 Å². The van der Waals surface area contributed by atoms with E-state index in [2.05, 4.69) is 41.7 Å². The quantitative estimate of drug-likeness (QED) is 0.622. The maximum Gasteiger partial charge on any atom is 0.127 e. The first-order valence-corrected chi connectivity index (χ1v) is 8.74. The van der Waals surface area contributed by atoms with Crippen molar-refractivity contribution in [3.05, 3.63) is 11.1 Å². The van der Waals surface area contributed by atoms with Crippen molar-refractivity contribution < 1.29 is 9.80 Å². The molecule has 2 N–H and O–H groups in total. The van der Waals surface area contributed by atoms with E-state index < -0.39 is 0 Å². The summed E-state index contributed by atoms with van der Waals surface area (Å²) >= 11 is 0. The number of hydrogen-bond donors (Lipinski definition) is 2. The number of rotatable bonds is 8. The van der Waals surface area contributed by atoms with Gasteiger partial charge in [0, 0.05) is 6.42 Å². The van der Waals surface area contributed by atoms with Crippen LogP contribution in [0.1, 0.15) is 60.3 Å². The summed E-state index contributed by atoms with van der Waals surface area (Å²) in [6.45, 7) is 18.3. The third-order valence-corrected chi connectivity index (χ3v) is 5.39. The van der Waals surface area contributed by atoms with Gasteiger partial charge in [-0.3, -0.25) is 0 Å². The standard InChI is InChI=1S/C18H36N2/c1-7-20(8-2)15-14-19(6)13-11-17-16(3)10-9-12-18(17,4)5/h7-15H2,1-6H3/p+2. The second-order valence-corrected chi connectivity index (χ2v) is 7.41. The fourth-order valence-electron chi connectivity index (χ4n) is 3.68. The first-order chi connectivity index (χ1) is 9.40. The number of allylic oxidation sites excluding steroid dienone is 1. The molecule has 0 amide bonds.